The highest BCUT2D eigenvalue weighted by Gasteiger charge is 2.37. The van der Waals surface area contributed by atoms with Crippen LogP contribution in [-0.2, 0) is 39.0 Å². The number of nitrogens with one attached hydrogen (secondary N) is 2. The van der Waals surface area contributed by atoms with Gasteiger partial charge in [-0.15, -0.1) is 0 Å². The minimum Gasteiger partial charge on any atom is -0.495 e. The predicted octanol–water partition coefficient (Wildman–Crippen LogP) is 5.56. The van der Waals surface area contributed by atoms with Gasteiger partial charge < -0.3 is 34.4 Å². The Balaban J connectivity index is 1.49. The van der Waals surface area contributed by atoms with E-state index in [-0.39, 0.29) is 61.3 Å². The summed E-state index contributed by atoms with van der Waals surface area (Å²) in [7, 11) is -0.754. The fourth-order valence-electron chi connectivity index (χ4n) is 5.48. The molecule has 0 saturated carbocycles. The number of aliphatic hydroxyl groups excluding tert-OH is 1. The van der Waals surface area contributed by atoms with Gasteiger partial charge in [-0.25, -0.2) is 4.98 Å². The van der Waals surface area contributed by atoms with Crippen molar-refractivity contribution in [1.29, 1.82) is 0 Å². The van der Waals surface area contributed by atoms with Crippen LogP contribution in [0.5, 0.6) is 5.75 Å². The van der Waals surface area contributed by atoms with Crippen LogP contribution >= 0.6 is 7.60 Å². The predicted molar refractivity (Wildman–Crippen MR) is 165 cm³/mol. The molecule has 8 rings (SSSR count). The molecule has 0 spiro atoms. The quantitative estimate of drug-likeness (QED) is 0.234. The van der Waals surface area contributed by atoms with Crippen molar-refractivity contribution >= 4 is 36.6 Å². The summed E-state index contributed by atoms with van der Waals surface area (Å²) in [4.78, 5) is 22.8. The smallest absolute Gasteiger partial charge is 0.421 e. The van der Waals surface area contributed by atoms with Crippen LogP contribution in [0.1, 0.15) is 34.0 Å². The van der Waals surface area contributed by atoms with Crippen LogP contribution in [0.3, 0.4) is 0 Å². The van der Waals surface area contributed by atoms with E-state index < -0.39 is 31.3 Å². The molecule has 248 valence electrons. The number of alkyl halides is 3. The summed E-state index contributed by atoms with van der Waals surface area (Å²) in [6.07, 6.45) is -2.18. The van der Waals surface area contributed by atoms with Crippen molar-refractivity contribution in [1.82, 2.24) is 24.6 Å². The van der Waals surface area contributed by atoms with Crippen molar-refractivity contribution in [2.75, 3.05) is 38.0 Å². The van der Waals surface area contributed by atoms with Gasteiger partial charge >= 0.3 is 13.8 Å². The van der Waals surface area contributed by atoms with E-state index in [1.54, 1.807) is 50.6 Å². The molecule has 0 fully saturated rings. The molecule has 4 aliphatic rings. The Morgan fingerprint density at radius 3 is 2.70 bits per heavy atom. The molecule has 1 amide bonds. The standard InChI is InChI=1S/C30H31F3N7O6P/c1-4-45-47(43)16-17-5-7-23(25(9-17)44-3)37-29-34-11-22(30(31,32)33)27(38-29)36-24-8-6-20(21-14-39(2)28(42)26(21)24)18-10-35-40(12-18)13-19(41)15-46-47/h5-12,19,41H,4,13-16H2,1-3H3,(H2,34,36,37,38)/t19-,47-/m0/s1. The number of nitrogens with zero attached hydrogens (tertiary/aromatic N) is 5. The number of benzene rings is 2. The third-order valence-corrected chi connectivity index (χ3v) is 9.58. The second-order valence-electron chi connectivity index (χ2n) is 11.0. The Hall–Kier alpha value is -4.50. The van der Waals surface area contributed by atoms with Gasteiger partial charge in [0.15, 0.2) is 0 Å². The van der Waals surface area contributed by atoms with Crippen molar-refractivity contribution in [2.24, 2.45) is 0 Å². The number of hydrogen-bond donors (Lipinski definition) is 3. The lowest BCUT2D eigenvalue weighted by Gasteiger charge is -2.21. The third kappa shape index (κ3) is 6.67. The average molecular weight is 674 g/mol. The largest absolute Gasteiger partial charge is 0.495 e. The molecule has 2 aromatic heterocycles. The highest BCUT2D eigenvalue weighted by atomic mass is 31.2. The first-order valence-electron chi connectivity index (χ1n) is 14.5. The summed E-state index contributed by atoms with van der Waals surface area (Å²) in [6, 6.07) is 7.94. The Labute approximate surface area is 267 Å². The zero-order chi connectivity index (χ0) is 33.5. The molecule has 0 radical (unpaired) electrons. The topological polar surface area (TPSA) is 153 Å². The number of amides is 1. The Kier molecular flexibility index (Phi) is 8.70. The van der Waals surface area contributed by atoms with Crippen molar-refractivity contribution in [3.63, 3.8) is 0 Å². The minimum atomic E-state index is -4.81. The third-order valence-electron chi connectivity index (χ3n) is 7.64. The van der Waals surface area contributed by atoms with E-state index in [2.05, 4.69) is 25.7 Å². The van der Waals surface area contributed by atoms with Crippen molar-refractivity contribution < 1.29 is 41.4 Å². The van der Waals surface area contributed by atoms with Crippen LogP contribution < -0.4 is 15.4 Å². The SMILES string of the molecule is CCO[P@@]1(=O)Cc2ccc(c(OC)c2)Nc2ncc(C(F)(F)F)c(n2)Nc2ccc(c3c2C(=O)N(C)C3)-c2cnn(c2)C[C@H](O)CO1. The summed E-state index contributed by atoms with van der Waals surface area (Å²) < 4.78 is 74.2. The first kappa shape index (κ1) is 32.4. The second-order valence-corrected chi connectivity index (χ2v) is 13.1. The van der Waals surface area contributed by atoms with Gasteiger partial charge in [0.25, 0.3) is 5.91 Å². The molecule has 13 nitrogen and oxygen atoms in total. The van der Waals surface area contributed by atoms with E-state index in [9.17, 15) is 27.6 Å². The lowest BCUT2D eigenvalue weighted by atomic mass is 9.97. The monoisotopic (exact) mass is 673 g/mol. The number of methoxy groups -OCH3 is 1. The molecule has 3 N–H and O–H groups in total. The van der Waals surface area contributed by atoms with Crippen LogP contribution in [0.15, 0.2) is 48.9 Å². The maximum Gasteiger partial charge on any atom is 0.421 e. The summed E-state index contributed by atoms with van der Waals surface area (Å²) >= 11 is 0. The summed E-state index contributed by atoms with van der Waals surface area (Å²) in [5.41, 5.74) is 1.85. The normalized spacial score (nSPS) is 19.9. The molecule has 4 aliphatic heterocycles. The van der Waals surface area contributed by atoms with Gasteiger partial charge in [0.05, 0.1) is 62.3 Å². The van der Waals surface area contributed by atoms with E-state index >= 15 is 0 Å². The van der Waals surface area contributed by atoms with Gasteiger partial charge in [0.1, 0.15) is 17.1 Å². The summed E-state index contributed by atoms with van der Waals surface area (Å²) in [6.45, 7) is 1.66. The molecule has 0 saturated heterocycles. The molecule has 4 aromatic rings. The molecule has 6 heterocycles. The van der Waals surface area contributed by atoms with Gasteiger partial charge in [-0.05, 0) is 41.8 Å². The number of carbonyl (C=O) groups is 1. The van der Waals surface area contributed by atoms with Crippen molar-refractivity contribution in [3.8, 4) is 16.9 Å². The van der Waals surface area contributed by atoms with E-state index in [1.165, 1.54) is 22.8 Å². The summed E-state index contributed by atoms with van der Waals surface area (Å²) in [5, 5.41) is 20.7. The Morgan fingerprint density at radius 2 is 1.96 bits per heavy atom. The number of carbonyl (C=O) groups excluding carboxylic acids is 1. The number of rotatable bonds is 3. The molecule has 2 atom stereocenters. The number of aromatic nitrogens is 4. The van der Waals surface area contributed by atoms with Crippen LogP contribution in [0.2, 0.25) is 0 Å². The van der Waals surface area contributed by atoms with Crippen molar-refractivity contribution in [3.05, 3.63) is 71.2 Å². The lowest BCUT2D eigenvalue weighted by Crippen LogP contribution is -2.22. The minimum absolute atomic E-state index is 0.00274. The molecule has 2 aromatic carbocycles. The number of halogens is 3. The fourth-order valence-corrected chi connectivity index (χ4v) is 7.17. The van der Waals surface area contributed by atoms with Crippen LogP contribution in [0, 0.1) is 0 Å². The highest BCUT2D eigenvalue weighted by molar-refractivity contribution is 7.53. The molecule has 0 unspecified atom stereocenters. The van der Waals surface area contributed by atoms with Gasteiger partial charge in [0.2, 0.25) is 5.95 Å². The van der Waals surface area contributed by atoms with Crippen molar-refractivity contribution in [2.45, 2.75) is 38.5 Å². The molecule has 17 heteroatoms. The van der Waals surface area contributed by atoms with E-state index in [0.717, 1.165) is 0 Å². The maximum atomic E-state index is 14.2. The average Bonchev–Trinajstić information content (AvgIpc) is 3.60. The van der Waals surface area contributed by atoms with Gasteiger partial charge in [-0.2, -0.15) is 23.3 Å². The molecule has 0 aliphatic carbocycles. The Bertz CT molecular complexity index is 1890. The van der Waals surface area contributed by atoms with E-state index in [0.29, 0.717) is 34.1 Å². The van der Waals surface area contributed by atoms with Gasteiger partial charge in [-0.1, -0.05) is 12.1 Å². The zero-order valence-electron chi connectivity index (χ0n) is 25.5. The number of aliphatic hydroxyl groups is 1. The van der Waals surface area contributed by atoms with Gasteiger partial charge in [0, 0.05) is 31.5 Å². The molecule has 47 heavy (non-hydrogen) atoms. The van der Waals surface area contributed by atoms with Crippen LogP contribution in [0.25, 0.3) is 11.1 Å². The molecule has 8 bridgehead atoms. The van der Waals surface area contributed by atoms with Crippen LogP contribution in [0.4, 0.5) is 36.3 Å². The second kappa shape index (κ2) is 12.6. The summed E-state index contributed by atoms with van der Waals surface area (Å²) in [5.74, 6) is -0.887. The zero-order valence-corrected chi connectivity index (χ0v) is 26.4. The van der Waals surface area contributed by atoms with Crippen LogP contribution in [-0.4, -0.2) is 69.1 Å². The Morgan fingerprint density at radius 1 is 1.17 bits per heavy atom. The first-order chi connectivity index (χ1) is 22.4. The first-order valence-corrected chi connectivity index (χ1v) is 16.3. The number of fused-ring (bicyclic) bond motifs is 1. The number of hydrogen-bond acceptors (Lipinski definition) is 11. The molecular formula is C30H31F3N7O6P. The fraction of sp³-hybridized carbons (Fsp3) is 0.333. The van der Waals surface area contributed by atoms with E-state index in [4.69, 9.17) is 13.8 Å². The number of ether oxygens (including phenoxy) is 1. The lowest BCUT2D eigenvalue weighted by molar-refractivity contribution is -0.137. The number of anilines is 4. The molecular weight excluding hydrogens is 642 g/mol. The maximum absolute atomic E-state index is 14.2. The van der Waals surface area contributed by atoms with Gasteiger partial charge in [-0.3, -0.25) is 14.0 Å². The highest BCUT2D eigenvalue weighted by Crippen LogP contribution is 2.52. The van der Waals surface area contributed by atoms with E-state index in [1.807, 2.05) is 0 Å².